The number of rotatable bonds is 3. The van der Waals surface area contributed by atoms with Gasteiger partial charge >= 0.3 is 0 Å². The number of hydrogen-bond donors (Lipinski definition) is 0. The highest BCUT2D eigenvalue weighted by Crippen LogP contribution is 2.00. The molecule has 0 bridgehead atoms. The first-order chi connectivity index (χ1) is 5.75. The quantitative estimate of drug-likeness (QED) is 0.732. The number of pyridine rings is 1. The van der Waals surface area contributed by atoms with Crippen molar-refractivity contribution in [3.05, 3.63) is 33.2 Å². The van der Waals surface area contributed by atoms with Gasteiger partial charge in [0.2, 0.25) is 0 Å². The molecule has 0 aromatic carbocycles. The zero-order valence-electron chi connectivity index (χ0n) is 6.37. The number of carbonyl (C=O) groups excluding carboxylic acids is 1. The van der Waals surface area contributed by atoms with Crippen LogP contribution in [0.5, 0.6) is 0 Å². The highest BCUT2D eigenvalue weighted by Gasteiger charge is 1.97. The minimum Gasteiger partial charge on any atom is -0.314 e. The van der Waals surface area contributed by atoms with E-state index in [1.807, 2.05) is 0 Å². The Labute approximate surface area is 78.1 Å². The fourth-order valence-corrected chi connectivity index (χ4v) is 1.26. The first-order valence-electron chi connectivity index (χ1n) is 3.54. The molecule has 0 N–H and O–H groups in total. The van der Waals surface area contributed by atoms with E-state index in [1.54, 1.807) is 18.3 Å². The lowest BCUT2D eigenvalue weighted by Gasteiger charge is -2.01. The van der Waals surface area contributed by atoms with Gasteiger partial charge in [-0.1, -0.05) is 0 Å². The molecule has 1 aromatic rings. The molecular weight excluding hydrogens is 222 g/mol. The molecule has 0 radical (unpaired) electrons. The Morgan fingerprint density at radius 1 is 1.58 bits per heavy atom. The van der Waals surface area contributed by atoms with Crippen LogP contribution >= 0.6 is 15.9 Å². The van der Waals surface area contributed by atoms with Crippen molar-refractivity contribution in [2.75, 3.05) is 0 Å². The molecule has 0 saturated heterocycles. The molecule has 64 valence electrons. The van der Waals surface area contributed by atoms with Gasteiger partial charge in [-0.15, -0.1) is 0 Å². The highest BCUT2D eigenvalue weighted by atomic mass is 79.9. The van der Waals surface area contributed by atoms with Gasteiger partial charge in [-0.2, -0.15) is 0 Å². The topological polar surface area (TPSA) is 39.1 Å². The van der Waals surface area contributed by atoms with Crippen LogP contribution in [0.2, 0.25) is 0 Å². The predicted molar refractivity (Wildman–Crippen MR) is 49.1 cm³/mol. The number of aromatic nitrogens is 1. The van der Waals surface area contributed by atoms with Gasteiger partial charge in [0.25, 0.3) is 5.56 Å². The summed E-state index contributed by atoms with van der Waals surface area (Å²) in [6.07, 6.45) is 2.83. The molecular formula is C8H8BrNO2. The Morgan fingerprint density at radius 3 is 3.00 bits per heavy atom. The summed E-state index contributed by atoms with van der Waals surface area (Å²) < 4.78 is 2.02. The summed E-state index contributed by atoms with van der Waals surface area (Å²) in [5.74, 6) is 0. The van der Waals surface area contributed by atoms with Gasteiger partial charge < -0.3 is 9.36 Å². The van der Waals surface area contributed by atoms with Crippen LogP contribution in [-0.4, -0.2) is 10.9 Å². The second-order valence-corrected chi connectivity index (χ2v) is 3.16. The number of halogens is 1. The van der Waals surface area contributed by atoms with Crippen molar-refractivity contribution in [3.63, 3.8) is 0 Å². The molecule has 0 aliphatic heterocycles. The second-order valence-electron chi connectivity index (χ2n) is 2.31. The zero-order valence-corrected chi connectivity index (χ0v) is 7.95. The van der Waals surface area contributed by atoms with E-state index < -0.39 is 0 Å². The maximum absolute atomic E-state index is 11.3. The zero-order chi connectivity index (χ0) is 8.97. The summed E-state index contributed by atoms with van der Waals surface area (Å²) in [5.41, 5.74) is -0.0978. The lowest BCUT2D eigenvalue weighted by molar-refractivity contribution is -0.108. The number of nitrogens with zero attached hydrogens (tertiary/aromatic N) is 1. The van der Waals surface area contributed by atoms with E-state index in [2.05, 4.69) is 15.9 Å². The molecule has 12 heavy (non-hydrogen) atoms. The van der Waals surface area contributed by atoms with Crippen molar-refractivity contribution in [2.45, 2.75) is 13.0 Å². The monoisotopic (exact) mass is 229 g/mol. The second kappa shape index (κ2) is 4.21. The summed E-state index contributed by atoms with van der Waals surface area (Å²) in [6, 6.07) is 3.44. The number of aldehydes is 1. The molecule has 0 unspecified atom stereocenters. The van der Waals surface area contributed by atoms with E-state index in [1.165, 1.54) is 4.57 Å². The largest absolute Gasteiger partial charge is 0.314 e. The molecule has 0 aliphatic rings. The van der Waals surface area contributed by atoms with Gasteiger partial charge in [0.15, 0.2) is 0 Å². The molecule has 3 nitrogen and oxygen atoms in total. The maximum atomic E-state index is 11.3. The van der Waals surface area contributed by atoms with Crippen molar-refractivity contribution in [1.82, 2.24) is 4.57 Å². The fraction of sp³-hybridized carbons (Fsp3) is 0.250. The van der Waals surface area contributed by atoms with E-state index in [-0.39, 0.29) is 5.56 Å². The average Bonchev–Trinajstić information content (AvgIpc) is 2.08. The van der Waals surface area contributed by atoms with Gasteiger partial charge in [-0.25, -0.2) is 0 Å². The third-order valence-corrected chi connectivity index (χ3v) is 2.07. The molecule has 4 heteroatoms. The van der Waals surface area contributed by atoms with Crippen LogP contribution in [0.3, 0.4) is 0 Å². The fourth-order valence-electron chi connectivity index (χ4n) is 0.875. The third kappa shape index (κ3) is 2.04. The van der Waals surface area contributed by atoms with Crippen LogP contribution in [-0.2, 0) is 11.3 Å². The van der Waals surface area contributed by atoms with E-state index in [0.29, 0.717) is 17.4 Å². The normalized spacial score (nSPS) is 9.75. The Kier molecular flexibility index (Phi) is 3.22. The van der Waals surface area contributed by atoms with Gasteiger partial charge in [-0.05, 0) is 28.1 Å². The highest BCUT2D eigenvalue weighted by molar-refractivity contribution is 9.10. The maximum Gasteiger partial charge on any atom is 0.264 e. The molecule has 0 saturated carbocycles. The van der Waals surface area contributed by atoms with Crippen molar-refractivity contribution in [2.24, 2.45) is 0 Å². The molecule has 1 rings (SSSR count). The predicted octanol–water partition coefficient (Wildman–Crippen LogP) is 1.20. The first-order valence-corrected chi connectivity index (χ1v) is 4.33. The number of aryl methyl sites for hydroxylation is 1. The Bertz CT molecular complexity index is 332. The lowest BCUT2D eigenvalue weighted by atomic mass is 10.4. The summed E-state index contributed by atoms with van der Waals surface area (Å²) in [4.78, 5) is 21.3. The Morgan fingerprint density at radius 2 is 2.33 bits per heavy atom. The van der Waals surface area contributed by atoms with Crippen LogP contribution in [0.1, 0.15) is 6.42 Å². The van der Waals surface area contributed by atoms with E-state index in [9.17, 15) is 9.59 Å². The lowest BCUT2D eigenvalue weighted by Crippen LogP contribution is -2.19. The van der Waals surface area contributed by atoms with E-state index in [0.717, 1.165) is 6.29 Å². The van der Waals surface area contributed by atoms with Crippen LogP contribution < -0.4 is 5.56 Å². The van der Waals surface area contributed by atoms with Gasteiger partial charge in [-0.3, -0.25) is 4.79 Å². The molecule has 0 atom stereocenters. The molecule has 0 aliphatic carbocycles. The van der Waals surface area contributed by atoms with Gasteiger partial charge in [0.05, 0.1) is 4.47 Å². The molecule has 1 aromatic heterocycles. The van der Waals surface area contributed by atoms with Gasteiger partial charge in [0, 0.05) is 19.2 Å². The summed E-state index contributed by atoms with van der Waals surface area (Å²) in [6.45, 7) is 0.446. The molecule has 0 spiro atoms. The van der Waals surface area contributed by atoms with E-state index >= 15 is 0 Å². The van der Waals surface area contributed by atoms with Crippen molar-refractivity contribution >= 4 is 22.2 Å². The van der Waals surface area contributed by atoms with Crippen molar-refractivity contribution in [1.29, 1.82) is 0 Å². The first kappa shape index (κ1) is 9.19. The van der Waals surface area contributed by atoms with Crippen molar-refractivity contribution in [3.8, 4) is 0 Å². The number of carbonyl (C=O) groups is 1. The van der Waals surface area contributed by atoms with Crippen LogP contribution in [0.15, 0.2) is 27.6 Å². The van der Waals surface area contributed by atoms with Crippen LogP contribution in [0.4, 0.5) is 0 Å². The average molecular weight is 230 g/mol. The Hall–Kier alpha value is -0.900. The van der Waals surface area contributed by atoms with Gasteiger partial charge in [0.1, 0.15) is 6.29 Å². The summed E-state index contributed by atoms with van der Waals surface area (Å²) in [5, 5.41) is 0. The minimum absolute atomic E-state index is 0.0978. The molecule has 1 heterocycles. The van der Waals surface area contributed by atoms with Crippen LogP contribution in [0.25, 0.3) is 0 Å². The molecule has 0 fully saturated rings. The summed E-state index contributed by atoms with van der Waals surface area (Å²) >= 11 is 3.12. The Balaban J connectivity index is 2.92. The number of hydrogen-bond acceptors (Lipinski definition) is 2. The SMILES string of the molecule is O=CCCn1cccc(Br)c1=O. The standard InChI is InChI=1S/C8H8BrNO2/c9-7-3-1-4-10(8(7)12)5-2-6-11/h1,3-4,6H,2,5H2. The van der Waals surface area contributed by atoms with E-state index in [4.69, 9.17) is 0 Å². The van der Waals surface area contributed by atoms with Crippen molar-refractivity contribution < 1.29 is 4.79 Å². The molecule has 0 amide bonds. The third-order valence-electron chi connectivity index (χ3n) is 1.46. The smallest absolute Gasteiger partial charge is 0.264 e. The summed E-state index contributed by atoms with van der Waals surface area (Å²) in [7, 11) is 0. The minimum atomic E-state index is -0.0978. The van der Waals surface area contributed by atoms with Crippen LogP contribution in [0, 0.1) is 0 Å².